The van der Waals surface area contributed by atoms with Crippen LogP contribution in [-0.2, 0) is 0 Å². The van der Waals surface area contributed by atoms with E-state index in [0.717, 1.165) is 25.2 Å². The van der Waals surface area contributed by atoms with Gasteiger partial charge in [-0.15, -0.1) is 0 Å². The zero-order valence-electron chi connectivity index (χ0n) is 9.45. The van der Waals surface area contributed by atoms with Crippen molar-refractivity contribution in [1.82, 2.24) is 4.98 Å². The van der Waals surface area contributed by atoms with E-state index in [9.17, 15) is 5.11 Å². The number of piperidine rings is 1. The van der Waals surface area contributed by atoms with E-state index in [1.807, 2.05) is 11.0 Å². The number of pyridine rings is 1. The van der Waals surface area contributed by atoms with Crippen LogP contribution in [0.4, 0.5) is 5.82 Å². The fraction of sp³-hybridized carbons (Fsp3) is 0.455. The van der Waals surface area contributed by atoms with Gasteiger partial charge in [0, 0.05) is 13.1 Å². The number of hydrogen-bond donors (Lipinski definition) is 3. The highest BCUT2D eigenvalue weighted by molar-refractivity contribution is 5.95. The minimum absolute atomic E-state index is 0.00981. The molecule has 0 aliphatic carbocycles. The first kappa shape index (κ1) is 11.7. The number of oxime groups is 1. The molecule has 6 heteroatoms. The van der Waals surface area contributed by atoms with Crippen molar-refractivity contribution in [3.63, 3.8) is 0 Å². The molecule has 0 bridgehead atoms. The van der Waals surface area contributed by atoms with Crippen LogP contribution in [0.5, 0.6) is 0 Å². The minimum Gasteiger partial charge on any atom is -0.409 e. The Balaban J connectivity index is 2.21. The summed E-state index contributed by atoms with van der Waals surface area (Å²) in [6.07, 6.45) is 1.46. The third kappa shape index (κ3) is 2.65. The first-order valence-electron chi connectivity index (χ1n) is 5.58. The van der Waals surface area contributed by atoms with Gasteiger partial charge in [0.2, 0.25) is 0 Å². The van der Waals surface area contributed by atoms with E-state index in [1.54, 1.807) is 12.1 Å². The standard InChI is InChI=1S/C11H16N4O2/c12-11(14-17)9-4-1-5-10(13-9)15-6-2-3-8(16)7-15/h1,4-5,8,16-17H,2-3,6-7H2,(H2,12,14). The Morgan fingerprint density at radius 3 is 3.06 bits per heavy atom. The maximum absolute atomic E-state index is 9.61. The van der Waals surface area contributed by atoms with Crippen molar-refractivity contribution >= 4 is 11.7 Å². The molecule has 1 aliphatic heterocycles. The number of rotatable bonds is 2. The molecule has 1 aromatic heterocycles. The maximum atomic E-state index is 9.61. The van der Waals surface area contributed by atoms with E-state index in [0.29, 0.717) is 12.2 Å². The first-order valence-corrected chi connectivity index (χ1v) is 5.58. The number of nitrogens with two attached hydrogens (primary N) is 1. The molecule has 0 amide bonds. The molecule has 92 valence electrons. The van der Waals surface area contributed by atoms with Gasteiger partial charge in [0.05, 0.1) is 6.10 Å². The molecule has 0 aromatic carbocycles. The molecule has 6 nitrogen and oxygen atoms in total. The Bertz CT molecular complexity index is 422. The average Bonchev–Trinajstić information content (AvgIpc) is 2.38. The molecule has 1 aromatic rings. The molecular weight excluding hydrogens is 220 g/mol. The molecule has 4 N–H and O–H groups in total. The van der Waals surface area contributed by atoms with Crippen LogP contribution in [-0.4, -0.2) is 40.3 Å². The summed E-state index contributed by atoms with van der Waals surface area (Å²) < 4.78 is 0. The molecule has 0 radical (unpaired) electrons. The van der Waals surface area contributed by atoms with Crippen molar-refractivity contribution in [3.05, 3.63) is 23.9 Å². The summed E-state index contributed by atoms with van der Waals surface area (Å²) >= 11 is 0. The SMILES string of the molecule is NC(=NO)c1cccc(N2CCCC(O)C2)n1. The summed E-state index contributed by atoms with van der Waals surface area (Å²) in [5.41, 5.74) is 5.92. The van der Waals surface area contributed by atoms with Gasteiger partial charge < -0.3 is 20.9 Å². The highest BCUT2D eigenvalue weighted by atomic mass is 16.4. The number of nitrogens with zero attached hydrogens (tertiary/aromatic N) is 3. The monoisotopic (exact) mass is 236 g/mol. The van der Waals surface area contributed by atoms with Crippen LogP contribution < -0.4 is 10.6 Å². The quantitative estimate of drug-likeness (QED) is 0.294. The second-order valence-electron chi connectivity index (χ2n) is 4.11. The summed E-state index contributed by atoms with van der Waals surface area (Å²) in [6, 6.07) is 5.34. The topological polar surface area (TPSA) is 95.0 Å². The number of aliphatic hydroxyl groups is 1. The Labute approximate surface area is 99.4 Å². The lowest BCUT2D eigenvalue weighted by Crippen LogP contribution is -2.38. The van der Waals surface area contributed by atoms with Gasteiger partial charge in [0.25, 0.3) is 0 Å². The Morgan fingerprint density at radius 1 is 1.53 bits per heavy atom. The number of aromatic nitrogens is 1. The molecule has 0 saturated carbocycles. The van der Waals surface area contributed by atoms with Gasteiger partial charge >= 0.3 is 0 Å². The molecule has 17 heavy (non-hydrogen) atoms. The fourth-order valence-corrected chi connectivity index (χ4v) is 1.96. The van der Waals surface area contributed by atoms with Crippen LogP contribution in [0.15, 0.2) is 23.4 Å². The van der Waals surface area contributed by atoms with E-state index >= 15 is 0 Å². The number of aliphatic hydroxyl groups excluding tert-OH is 1. The number of hydrogen-bond acceptors (Lipinski definition) is 5. The van der Waals surface area contributed by atoms with Crippen LogP contribution in [0.1, 0.15) is 18.5 Å². The van der Waals surface area contributed by atoms with E-state index in [2.05, 4.69) is 10.1 Å². The summed E-state index contributed by atoms with van der Waals surface area (Å²) in [5.74, 6) is 0.734. The number of amidine groups is 1. The van der Waals surface area contributed by atoms with Gasteiger partial charge in [-0.1, -0.05) is 11.2 Å². The Morgan fingerprint density at radius 2 is 2.35 bits per heavy atom. The van der Waals surface area contributed by atoms with E-state index in [-0.39, 0.29) is 11.9 Å². The summed E-state index contributed by atoms with van der Waals surface area (Å²) in [6.45, 7) is 1.44. The molecule has 2 heterocycles. The van der Waals surface area contributed by atoms with Crippen molar-refractivity contribution in [1.29, 1.82) is 0 Å². The Hall–Kier alpha value is -1.82. The zero-order chi connectivity index (χ0) is 12.3. The summed E-state index contributed by atoms with van der Waals surface area (Å²) in [4.78, 5) is 6.30. The molecule has 1 saturated heterocycles. The highest BCUT2D eigenvalue weighted by Gasteiger charge is 2.19. The molecule has 1 unspecified atom stereocenters. The van der Waals surface area contributed by atoms with Gasteiger partial charge in [-0.2, -0.15) is 0 Å². The lowest BCUT2D eigenvalue weighted by atomic mass is 10.1. The van der Waals surface area contributed by atoms with Crippen LogP contribution in [0.2, 0.25) is 0 Å². The predicted octanol–water partition coefficient (Wildman–Crippen LogP) is 0.137. The smallest absolute Gasteiger partial charge is 0.188 e. The van der Waals surface area contributed by atoms with Crippen molar-refractivity contribution in [2.24, 2.45) is 10.9 Å². The van der Waals surface area contributed by atoms with Crippen LogP contribution in [0.25, 0.3) is 0 Å². The van der Waals surface area contributed by atoms with E-state index in [1.165, 1.54) is 0 Å². The molecule has 2 rings (SSSR count). The van der Waals surface area contributed by atoms with Crippen LogP contribution in [0, 0.1) is 0 Å². The number of anilines is 1. The lowest BCUT2D eigenvalue weighted by molar-refractivity contribution is 0.154. The van der Waals surface area contributed by atoms with Crippen molar-refractivity contribution in [2.45, 2.75) is 18.9 Å². The normalized spacial score (nSPS) is 21.6. The van der Waals surface area contributed by atoms with Crippen molar-refractivity contribution < 1.29 is 10.3 Å². The van der Waals surface area contributed by atoms with Gasteiger partial charge in [0.15, 0.2) is 5.84 Å². The molecular formula is C11H16N4O2. The summed E-state index contributed by atoms with van der Waals surface area (Å²) in [5, 5.41) is 21.1. The fourth-order valence-electron chi connectivity index (χ4n) is 1.96. The van der Waals surface area contributed by atoms with Crippen LogP contribution >= 0.6 is 0 Å². The second-order valence-corrected chi connectivity index (χ2v) is 4.11. The second kappa shape index (κ2) is 5.01. The van der Waals surface area contributed by atoms with Gasteiger partial charge in [-0.05, 0) is 25.0 Å². The van der Waals surface area contributed by atoms with Crippen LogP contribution in [0.3, 0.4) is 0 Å². The van der Waals surface area contributed by atoms with Gasteiger partial charge in [-0.25, -0.2) is 4.98 Å². The third-order valence-electron chi connectivity index (χ3n) is 2.83. The van der Waals surface area contributed by atoms with E-state index < -0.39 is 0 Å². The maximum Gasteiger partial charge on any atom is 0.188 e. The molecule has 1 fully saturated rings. The van der Waals surface area contributed by atoms with E-state index in [4.69, 9.17) is 10.9 Å². The van der Waals surface area contributed by atoms with Gasteiger partial charge in [-0.3, -0.25) is 0 Å². The van der Waals surface area contributed by atoms with Gasteiger partial charge in [0.1, 0.15) is 11.5 Å². The predicted molar refractivity (Wildman–Crippen MR) is 64.2 cm³/mol. The highest BCUT2D eigenvalue weighted by Crippen LogP contribution is 2.18. The third-order valence-corrected chi connectivity index (χ3v) is 2.83. The number of β-amino-alcohol motifs (C(OH)–C–C–N with tert-alkyl or cyclic N) is 1. The molecule has 1 aliphatic rings. The summed E-state index contributed by atoms with van der Waals surface area (Å²) in [7, 11) is 0. The largest absolute Gasteiger partial charge is 0.409 e. The van der Waals surface area contributed by atoms with Crippen molar-refractivity contribution in [2.75, 3.05) is 18.0 Å². The Kier molecular flexibility index (Phi) is 3.43. The minimum atomic E-state index is -0.307. The average molecular weight is 236 g/mol. The zero-order valence-corrected chi connectivity index (χ0v) is 9.45. The first-order chi connectivity index (χ1) is 8.20. The molecule has 0 spiro atoms. The lowest BCUT2D eigenvalue weighted by Gasteiger charge is -2.31. The van der Waals surface area contributed by atoms with Crippen molar-refractivity contribution in [3.8, 4) is 0 Å². The molecule has 1 atom stereocenters.